The Morgan fingerprint density at radius 1 is 1.41 bits per heavy atom. The highest BCUT2D eigenvalue weighted by Gasteiger charge is 2.26. The Hall–Kier alpha value is -0.610. The summed E-state index contributed by atoms with van der Waals surface area (Å²) in [7, 11) is 1.86. The van der Waals surface area contributed by atoms with Gasteiger partial charge in [-0.05, 0) is 46.2 Å². The molecule has 0 aromatic rings. The molecule has 0 radical (unpaired) electrons. The fourth-order valence-corrected chi connectivity index (χ4v) is 1.82. The molecule has 100 valence electrons. The SMILES string of the molecule is CCC(C)(C)N(C)C(=O)COC1CCNCC1. The van der Waals surface area contributed by atoms with Gasteiger partial charge in [0.2, 0.25) is 5.91 Å². The number of rotatable bonds is 5. The normalized spacial score (nSPS) is 18.1. The molecule has 0 unspecified atom stereocenters. The first kappa shape index (κ1) is 14.5. The smallest absolute Gasteiger partial charge is 0.248 e. The van der Waals surface area contributed by atoms with Crippen molar-refractivity contribution in [1.82, 2.24) is 10.2 Å². The quantitative estimate of drug-likeness (QED) is 0.792. The van der Waals surface area contributed by atoms with E-state index in [-0.39, 0.29) is 24.2 Å². The predicted octanol–water partition coefficient (Wildman–Crippen LogP) is 1.40. The van der Waals surface area contributed by atoms with Crippen molar-refractivity contribution >= 4 is 5.91 Å². The Morgan fingerprint density at radius 3 is 2.53 bits per heavy atom. The molecule has 0 aromatic heterocycles. The summed E-state index contributed by atoms with van der Waals surface area (Å²) in [4.78, 5) is 13.8. The molecule has 1 aliphatic heterocycles. The highest BCUT2D eigenvalue weighted by atomic mass is 16.5. The molecule has 1 amide bonds. The highest BCUT2D eigenvalue weighted by Crippen LogP contribution is 2.17. The maximum atomic E-state index is 12.0. The first-order valence-corrected chi connectivity index (χ1v) is 6.56. The number of ether oxygens (including phenoxy) is 1. The van der Waals surface area contributed by atoms with Crippen LogP contribution in [0.25, 0.3) is 0 Å². The Labute approximate surface area is 105 Å². The van der Waals surface area contributed by atoms with Gasteiger partial charge in [0, 0.05) is 12.6 Å². The number of hydrogen-bond acceptors (Lipinski definition) is 3. The van der Waals surface area contributed by atoms with E-state index in [2.05, 4.69) is 26.1 Å². The molecule has 4 heteroatoms. The number of carbonyl (C=O) groups is 1. The maximum absolute atomic E-state index is 12.0. The second-order valence-electron chi connectivity index (χ2n) is 5.38. The van der Waals surface area contributed by atoms with E-state index in [1.165, 1.54) is 0 Å². The predicted molar refractivity (Wildman–Crippen MR) is 69.0 cm³/mol. The van der Waals surface area contributed by atoms with Crippen molar-refractivity contribution in [3.8, 4) is 0 Å². The number of carbonyl (C=O) groups excluding carboxylic acids is 1. The molecule has 1 aliphatic rings. The van der Waals surface area contributed by atoms with Crippen molar-refractivity contribution in [1.29, 1.82) is 0 Å². The fraction of sp³-hybridized carbons (Fsp3) is 0.923. The largest absolute Gasteiger partial charge is 0.368 e. The molecule has 1 rings (SSSR count). The van der Waals surface area contributed by atoms with Crippen LogP contribution in [0.2, 0.25) is 0 Å². The third-order valence-corrected chi connectivity index (χ3v) is 3.88. The van der Waals surface area contributed by atoms with Gasteiger partial charge in [0.25, 0.3) is 0 Å². The monoisotopic (exact) mass is 242 g/mol. The Balaban J connectivity index is 2.33. The molecule has 0 saturated carbocycles. The number of nitrogens with one attached hydrogen (secondary N) is 1. The number of nitrogens with zero attached hydrogens (tertiary/aromatic N) is 1. The van der Waals surface area contributed by atoms with E-state index >= 15 is 0 Å². The van der Waals surface area contributed by atoms with Crippen LogP contribution in [0.1, 0.15) is 40.0 Å². The summed E-state index contributed by atoms with van der Waals surface area (Å²) in [6, 6.07) is 0. The third-order valence-electron chi connectivity index (χ3n) is 3.88. The lowest BCUT2D eigenvalue weighted by molar-refractivity contribution is -0.142. The Bertz CT molecular complexity index is 248. The molecule has 1 saturated heterocycles. The second kappa shape index (κ2) is 6.36. The van der Waals surface area contributed by atoms with Gasteiger partial charge in [-0.15, -0.1) is 0 Å². The molecule has 1 fully saturated rings. The summed E-state index contributed by atoms with van der Waals surface area (Å²) >= 11 is 0. The van der Waals surface area contributed by atoms with Gasteiger partial charge in [-0.3, -0.25) is 4.79 Å². The molecule has 4 nitrogen and oxygen atoms in total. The van der Waals surface area contributed by atoms with Crippen LogP contribution >= 0.6 is 0 Å². The first-order chi connectivity index (χ1) is 7.97. The fourth-order valence-electron chi connectivity index (χ4n) is 1.82. The molecule has 1 N–H and O–H groups in total. The zero-order valence-electron chi connectivity index (χ0n) is 11.6. The van der Waals surface area contributed by atoms with E-state index in [0.717, 1.165) is 32.4 Å². The minimum atomic E-state index is -0.0887. The molecule has 0 aromatic carbocycles. The molecule has 17 heavy (non-hydrogen) atoms. The number of likely N-dealkylation sites (N-methyl/N-ethyl adjacent to an activating group) is 1. The second-order valence-corrected chi connectivity index (χ2v) is 5.38. The highest BCUT2D eigenvalue weighted by molar-refractivity contribution is 5.77. The van der Waals surface area contributed by atoms with Crippen LogP contribution in [0.15, 0.2) is 0 Å². The van der Waals surface area contributed by atoms with Crippen LogP contribution in [-0.4, -0.2) is 49.2 Å². The van der Waals surface area contributed by atoms with Crippen LogP contribution in [0.3, 0.4) is 0 Å². The molecule has 0 atom stereocenters. The molecule has 1 heterocycles. The molecule has 0 bridgehead atoms. The van der Waals surface area contributed by atoms with Crippen LogP contribution in [0, 0.1) is 0 Å². The number of hydrogen-bond donors (Lipinski definition) is 1. The summed E-state index contributed by atoms with van der Waals surface area (Å²) in [5.41, 5.74) is -0.0887. The van der Waals surface area contributed by atoms with E-state index in [9.17, 15) is 4.79 Å². The van der Waals surface area contributed by atoms with Gasteiger partial charge in [-0.1, -0.05) is 6.92 Å². The standard InChI is InChI=1S/C13H26N2O2/c1-5-13(2,3)15(4)12(16)10-17-11-6-8-14-9-7-11/h11,14H,5-10H2,1-4H3. The topological polar surface area (TPSA) is 41.6 Å². The number of amides is 1. The lowest BCUT2D eigenvalue weighted by Crippen LogP contribution is -2.46. The molecular formula is C13H26N2O2. The van der Waals surface area contributed by atoms with Crippen molar-refractivity contribution in [3.05, 3.63) is 0 Å². The van der Waals surface area contributed by atoms with Crippen LogP contribution < -0.4 is 5.32 Å². The summed E-state index contributed by atoms with van der Waals surface area (Å²) in [6.07, 6.45) is 3.21. The minimum absolute atomic E-state index is 0.0791. The Morgan fingerprint density at radius 2 is 2.00 bits per heavy atom. The van der Waals surface area contributed by atoms with E-state index in [1.807, 2.05) is 7.05 Å². The van der Waals surface area contributed by atoms with E-state index in [1.54, 1.807) is 4.90 Å². The average molecular weight is 242 g/mol. The zero-order valence-corrected chi connectivity index (χ0v) is 11.6. The van der Waals surface area contributed by atoms with Crippen LogP contribution in [-0.2, 0) is 9.53 Å². The first-order valence-electron chi connectivity index (χ1n) is 6.56. The summed E-state index contributed by atoms with van der Waals surface area (Å²) < 4.78 is 5.67. The van der Waals surface area contributed by atoms with Gasteiger partial charge in [0.1, 0.15) is 6.61 Å². The average Bonchev–Trinajstić information content (AvgIpc) is 2.36. The number of piperidine rings is 1. The van der Waals surface area contributed by atoms with Gasteiger partial charge >= 0.3 is 0 Å². The lowest BCUT2D eigenvalue weighted by Gasteiger charge is -2.35. The van der Waals surface area contributed by atoms with Gasteiger partial charge in [0.05, 0.1) is 6.10 Å². The van der Waals surface area contributed by atoms with E-state index in [4.69, 9.17) is 4.74 Å². The van der Waals surface area contributed by atoms with Gasteiger partial charge in [-0.2, -0.15) is 0 Å². The van der Waals surface area contributed by atoms with Crippen molar-refractivity contribution < 1.29 is 9.53 Å². The molecular weight excluding hydrogens is 216 g/mol. The van der Waals surface area contributed by atoms with Crippen molar-refractivity contribution in [3.63, 3.8) is 0 Å². The van der Waals surface area contributed by atoms with Gasteiger partial charge in [0.15, 0.2) is 0 Å². The minimum Gasteiger partial charge on any atom is -0.368 e. The molecule has 0 aliphatic carbocycles. The van der Waals surface area contributed by atoms with Crippen molar-refractivity contribution in [2.45, 2.75) is 51.7 Å². The van der Waals surface area contributed by atoms with Crippen LogP contribution in [0.4, 0.5) is 0 Å². The third kappa shape index (κ3) is 4.28. The Kier molecular flexibility index (Phi) is 5.40. The van der Waals surface area contributed by atoms with Crippen molar-refractivity contribution in [2.24, 2.45) is 0 Å². The maximum Gasteiger partial charge on any atom is 0.248 e. The summed E-state index contributed by atoms with van der Waals surface area (Å²) in [5.74, 6) is 0.0791. The van der Waals surface area contributed by atoms with E-state index in [0.29, 0.717) is 0 Å². The molecule has 0 spiro atoms. The van der Waals surface area contributed by atoms with Gasteiger partial charge in [-0.25, -0.2) is 0 Å². The summed E-state index contributed by atoms with van der Waals surface area (Å²) in [6.45, 7) is 8.46. The van der Waals surface area contributed by atoms with Crippen LogP contribution in [0.5, 0.6) is 0 Å². The lowest BCUT2D eigenvalue weighted by atomic mass is 10.00. The van der Waals surface area contributed by atoms with E-state index < -0.39 is 0 Å². The van der Waals surface area contributed by atoms with Crippen molar-refractivity contribution in [2.75, 3.05) is 26.7 Å². The summed E-state index contributed by atoms with van der Waals surface area (Å²) in [5, 5.41) is 3.28. The van der Waals surface area contributed by atoms with Gasteiger partial charge < -0.3 is 15.0 Å². The zero-order chi connectivity index (χ0) is 12.9.